The highest BCUT2D eigenvalue weighted by atomic mass is 79.9. The molecule has 1 saturated heterocycles. The normalized spacial score (nSPS) is 28.9. The maximum absolute atomic E-state index is 13.1. The Morgan fingerprint density at radius 1 is 1.15 bits per heavy atom. The van der Waals surface area contributed by atoms with Gasteiger partial charge in [0.25, 0.3) is 11.8 Å². The number of hydrogen-bond donors (Lipinski definition) is 2. The number of imide groups is 1. The van der Waals surface area contributed by atoms with Crippen molar-refractivity contribution in [3.63, 3.8) is 0 Å². The number of aromatic hydroxyl groups is 1. The van der Waals surface area contributed by atoms with E-state index in [0.29, 0.717) is 17.7 Å². The molecule has 0 saturated carbocycles. The van der Waals surface area contributed by atoms with Crippen LogP contribution in [0.3, 0.4) is 0 Å². The van der Waals surface area contributed by atoms with E-state index in [-0.39, 0.29) is 56.6 Å². The minimum atomic E-state index is -0.844. The standard InChI is InChI=1S/C24H20BrNO7/c1-2-33-17-5-3-4-11(22(17)29)18-10-6-7-12-19(24(31)26(32)23(12)30)13(10)8-14-20(18)16(27)9-15(25)21(14)28/h3-6,9,12-13,18-19,29,32H,2,7-8H2,1H3. The van der Waals surface area contributed by atoms with Gasteiger partial charge in [-0.15, -0.1) is 0 Å². The van der Waals surface area contributed by atoms with Crippen LogP contribution in [0.25, 0.3) is 0 Å². The number of hydrogen-bond acceptors (Lipinski definition) is 7. The van der Waals surface area contributed by atoms with Crippen molar-refractivity contribution >= 4 is 39.3 Å². The summed E-state index contributed by atoms with van der Waals surface area (Å²) in [5.41, 5.74) is 1.57. The number of halogens is 1. The number of phenolic OH excluding ortho intramolecular Hbond substituents is 1. The Morgan fingerprint density at radius 2 is 1.91 bits per heavy atom. The predicted molar refractivity (Wildman–Crippen MR) is 117 cm³/mol. The molecular weight excluding hydrogens is 494 g/mol. The fourth-order valence-corrected chi connectivity index (χ4v) is 6.04. The van der Waals surface area contributed by atoms with Gasteiger partial charge in [-0.1, -0.05) is 23.8 Å². The molecule has 4 unspecified atom stereocenters. The number of ether oxygens (including phenoxy) is 1. The van der Waals surface area contributed by atoms with Crippen molar-refractivity contribution < 1.29 is 34.2 Å². The average molecular weight is 514 g/mol. The molecule has 4 atom stereocenters. The van der Waals surface area contributed by atoms with E-state index in [9.17, 15) is 29.5 Å². The molecule has 0 aromatic heterocycles. The third-order valence-corrected chi connectivity index (χ3v) is 7.54. The molecule has 9 heteroatoms. The Labute approximate surface area is 197 Å². The molecule has 1 fully saturated rings. The van der Waals surface area contributed by atoms with E-state index in [0.717, 1.165) is 0 Å². The van der Waals surface area contributed by atoms with E-state index in [1.165, 1.54) is 6.08 Å². The van der Waals surface area contributed by atoms with Crippen molar-refractivity contribution in [3.05, 3.63) is 57.1 Å². The lowest BCUT2D eigenvalue weighted by Crippen LogP contribution is -2.39. The second-order valence-corrected chi connectivity index (χ2v) is 9.36. The monoisotopic (exact) mass is 513 g/mol. The molecule has 1 aromatic rings. The summed E-state index contributed by atoms with van der Waals surface area (Å²) in [6, 6.07) is 4.96. The first-order valence-corrected chi connectivity index (χ1v) is 11.5. The zero-order valence-corrected chi connectivity index (χ0v) is 19.2. The van der Waals surface area contributed by atoms with Crippen molar-refractivity contribution in [1.82, 2.24) is 5.06 Å². The van der Waals surface area contributed by atoms with Gasteiger partial charge in [0, 0.05) is 28.7 Å². The molecule has 3 aliphatic carbocycles. The van der Waals surface area contributed by atoms with Crippen molar-refractivity contribution in [1.29, 1.82) is 0 Å². The number of rotatable bonds is 3. The van der Waals surface area contributed by atoms with Gasteiger partial charge < -0.3 is 9.84 Å². The van der Waals surface area contributed by atoms with E-state index >= 15 is 0 Å². The lowest BCUT2D eigenvalue weighted by molar-refractivity contribution is -0.173. The Morgan fingerprint density at radius 3 is 2.64 bits per heavy atom. The SMILES string of the molecule is CCOc1cccc(C2C3=CCC4C(=O)N(O)C(=O)C4C3CC3=C2C(=O)C=C(Br)C3=O)c1O. The van der Waals surface area contributed by atoms with Crippen LogP contribution in [-0.2, 0) is 19.2 Å². The molecule has 1 aliphatic heterocycles. The number of benzene rings is 1. The molecule has 0 spiro atoms. The van der Waals surface area contributed by atoms with Crippen molar-refractivity contribution in [2.75, 3.05) is 6.61 Å². The molecule has 8 nitrogen and oxygen atoms in total. The summed E-state index contributed by atoms with van der Waals surface area (Å²) in [5, 5.41) is 21.2. The summed E-state index contributed by atoms with van der Waals surface area (Å²) < 4.78 is 5.64. The molecule has 1 heterocycles. The van der Waals surface area contributed by atoms with E-state index in [1.807, 2.05) is 6.08 Å². The van der Waals surface area contributed by atoms with E-state index in [4.69, 9.17) is 4.74 Å². The summed E-state index contributed by atoms with van der Waals surface area (Å²) in [6.07, 6.45) is 3.34. The smallest absolute Gasteiger partial charge is 0.257 e. The number of allylic oxidation sites excluding steroid dienone is 6. The molecule has 2 amide bonds. The number of para-hydroxylation sites is 1. The average Bonchev–Trinajstić information content (AvgIpc) is 3.02. The van der Waals surface area contributed by atoms with Gasteiger partial charge in [-0.05, 0) is 47.7 Å². The first-order chi connectivity index (χ1) is 15.8. The molecule has 5 rings (SSSR count). The number of fused-ring (bicyclic) bond motifs is 3. The molecular formula is C24H20BrNO7. The molecule has 0 radical (unpaired) electrons. The molecule has 33 heavy (non-hydrogen) atoms. The number of carbonyl (C=O) groups is 4. The maximum atomic E-state index is 13.1. The van der Waals surface area contributed by atoms with Gasteiger partial charge in [-0.25, -0.2) is 0 Å². The van der Waals surface area contributed by atoms with E-state index in [1.54, 1.807) is 25.1 Å². The highest BCUT2D eigenvalue weighted by molar-refractivity contribution is 9.12. The number of phenols is 1. The summed E-state index contributed by atoms with van der Waals surface area (Å²) in [5.74, 6) is -4.93. The first kappa shape index (κ1) is 21.8. The van der Waals surface area contributed by atoms with Crippen molar-refractivity contribution in [3.8, 4) is 11.5 Å². The lowest BCUT2D eigenvalue weighted by Gasteiger charge is -2.42. The summed E-state index contributed by atoms with van der Waals surface area (Å²) in [7, 11) is 0. The zero-order valence-electron chi connectivity index (χ0n) is 17.6. The van der Waals surface area contributed by atoms with Crippen molar-refractivity contribution in [2.45, 2.75) is 25.7 Å². The maximum Gasteiger partial charge on any atom is 0.257 e. The van der Waals surface area contributed by atoms with Crippen LogP contribution in [-0.4, -0.2) is 45.4 Å². The zero-order chi connectivity index (χ0) is 23.6. The molecule has 1 aromatic carbocycles. The Balaban J connectivity index is 1.73. The van der Waals surface area contributed by atoms with Gasteiger partial charge in [0.05, 0.1) is 22.9 Å². The van der Waals surface area contributed by atoms with Gasteiger partial charge in [0.1, 0.15) is 0 Å². The third kappa shape index (κ3) is 3.06. The highest BCUT2D eigenvalue weighted by Gasteiger charge is 2.56. The Bertz CT molecular complexity index is 1230. The molecule has 2 N–H and O–H groups in total. The highest BCUT2D eigenvalue weighted by Crippen LogP contribution is 2.56. The number of Topliss-reactive ketones (excluding diaryl/α,β-unsaturated/α-hetero) is 1. The van der Waals surface area contributed by atoms with Gasteiger partial charge >= 0.3 is 0 Å². The number of ketones is 2. The van der Waals surface area contributed by atoms with Crippen LogP contribution >= 0.6 is 15.9 Å². The fourth-order valence-electron chi connectivity index (χ4n) is 5.59. The summed E-state index contributed by atoms with van der Waals surface area (Å²) in [6.45, 7) is 2.10. The quantitative estimate of drug-likeness (QED) is 0.275. The lowest BCUT2D eigenvalue weighted by atomic mass is 9.59. The van der Waals surface area contributed by atoms with E-state index < -0.39 is 35.5 Å². The van der Waals surface area contributed by atoms with Crippen LogP contribution < -0.4 is 4.74 Å². The van der Waals surface area contributed by atoms with Gasteiger partial charge in [0.2, 0.25) is 0 Å². The molecule has 4 aliphatic rings. The largest absolute Gasteiger partial charge is 0.504 e. The minimum absolute atomic E-state index is 0.0884. The van der Waals surface area contributed by atoms with Gasteiger partial charge in [-0.2, -0.15) is 5.06 Å². The van der Waals surface area contributed by atoms with Gasteiger partial charge in [0.15, 0.2) is 23.1 Å². The second kappa shape index (κ2) is 7.78. The topological polar surface area (TPSA) is 121 Å². The van der Waals surface area contributed by atoms with Crippen LogP contribution in [0.1, 0.15) is 31.2 Å². The van der Waals surface area contributed by atoms with Crippen LogP contribution in [0.15, 0.2) is 51.6 Å². The van der Waals surface area contributed by atoms with Gasteiger partial charge in [-0.3, -0.25) is 24.4 Å². The summed E-state index contributed by atoms with van der Waals surface area (Å²) in [4.78, 5) is 51.4. The van der Waals surface area contributed by atoms with Crippen LogP contribution in [0.4, 0.5) is 0 Å². The van der Waals surface area contributed by atoms with Crippen LogP contribution in [0, 0.1) is 17.8 Å². The third-order valence-electron chi connectivity index (χ3n) is 6.95. The van der Waals surface area contributed by atoms with Crippen LogP contribution in [0.5, 0.6) is 11.5 Å². The minimum Gasteiger partial charge on any atom is -0.504 e. The predicted octanol–water partition coefficient (Wildman–Crippen LogP) is 2.94. The van der Waals surface area contributed by atoms with E-state index in [2.05, 4.69) is 15.9 Å². The number of hydroxylamine groups is 2. The Hall–Kier alpha value is -3.04. The number of nitrogens with zero attached hydrogens (tertiary/aromatic N) is 1. The molecule has 170 valence electrons. The fraction of sp³-hybridized carbons (Fsp3) is 0.333. The van der Waals surface area contributed by atoms with Crippen molar-refractivity contribution in [2.24, 2.45) is 17.8 Å². The first-order valence-electron chi connectivity index (χ1n) is 10.7. The Kier molecular flexibility index (Phi) is 5.13. The molecule has 0 bridgehead atoms. The summed E-state index contributed by atoms with van der Waals surface area (Å²) >= 11 is 3.16. The van der Waals surface area contributed by atoms with Crippen LogP contribution in [0.2, 0.25) is 0 Å². The number of carbonyl (C=O) groups excluding carboxylic acids is 4. The number of amides is 2. The second-order valence-electron chi connectivity index (χ2n) is 8.51.